The van der Waals surface area contributed by atoms with Gasteiger partial charge >= 0.3 is 0 Å². The predicted octanol–water partition coefficient (Wildman–Crippen LogP) is 4.91. The van der Waals surface area contributed by atoms with E-state index in [1.165, 1.54) is 17.7 Å². The second kappa shape index (κ2) is 10.2. The van der Waals surface area contributed by atoms with Crippen LogP contribution in [0.1, 0.15) is 66.0 Å². The number of hydrogen-bond acceptors (Lipinski definition) is 4. The van der Waals surface area contributed by atoms with E-state index in [4.69, 9.17) is 4.74 Å². The van der Waals surface area contributed by atoms with Gasteiger partial charge in [0.15, 0.2) is 5.69 Å². The van der Waals surface area contributed by atoms with Crippen molar-refractivity contribution in [3.63, 3.8) is 0 Å². The Morgan fingerprint density at radius 2 is 1.86 bits per heavy atom. The number of benzene rings is 2. The highest BCUT2D eigenvalue weighted by Crippen LogP contribution is 2.29. The zero-order valence-electron chi connectivity index (χ0n) is 20.6. The van der Waals surface area contributed by atoms with Gasteiger partial charge in [-0.15, -0.1) is 0 Å². The Kier molecular flexibility index (Phi) is 6.87. The molecule has 1 saturated heterocycles. The molecule has 2 aliphatic heterocycles. The second-order valence-corrected chi connectivity index (χ2v) is 9.88. The fraction of sp³-hybridized carbons (Fsp3) is 0.393. The Balaban J connectivity index is 1.18. The number of fused-ring (bicyclic) bond motifs is 1. The van der Waals surface area contributed by atoms with Gasteiger partial charge in [0, 0.05) is 24.7 Å². The van der Waals surface area contributed by atoms with Gasteiger partial charge in [0.2, 0.25) is 5.91 Å². The third-order valence-electron chi connectivity index (χ3n) is 7.15. The Morgan fingerprint density at radius 1 is 1.11 bits per heavy atom. The lowest BCUT2D eigenvalue weighted by atomic mass is 9.95. The molecule has 0 radical (unpaired) electrons. The van der Waals surface area contributed by atoms with Crippen LogP contribution in [-0.4, -0.2) is 39.4 Å². The lowest BCUT2D eigenvalue weighted by molar-refractivity contribution is -0.121. The molecule has 5 rings (SSSR count). The van der Waals surface area contributed by atoms with Crippen LogP contribution in [0, 0.1) is 11.7 Å². The minimum atomic E-state index is -0.285. The van der Waals surface area contributed by atoms with Crippen LogP contribution < -0.4 is 5.32 Å². The number of nitrogens with one attached hydrogen (secondary N) is 1. The van der Waals surface area contributed by atoms with Crippen LogP contribution in [0.5, 0.6) is 0 Å². The van der Waals surface area contributed by atoms with E-state index in [0.29, 0.717) is 44.1 Å². The van der Waals surface area contributed by atoms with Crippen LogP contribution in [0.3, 0.4) is 0 Å². The number of hydrogen-bond donors (Lipinski definition) is 1. The molecule has 0 aliphatic carbocycles. The standard InChI is InChI=1S/C28H31FN4O3/c1-18(2)21-4-3-5-23(14-21)31-27(34)20-10-12-32(13-11-20)28(35)26-24-16-36-25(15-33(24)17-30-26)19-6-8-22(29)9-7-19/h3-9,14,17-18,20,25H,10-13,15-16H2,1-2H3,(H,31,34)/t25-/m1/s1. The normalized spacial score (nSPS) is 18.2. The maximum absolute atomic E-state index is 13.2. The molecular formula is C28H31FN4O3. The van der Waals surface area contributed by atoms with Crippen LogP contribution >= 0.6 is 0 Å². The lowest BCUT2D eigenvalue weighted by Gasteiger charge is -2.31. The van der Waals surface area contributed by atoms with E-state index in [0.717, 1.165) is 16.9 Å². The fourth-order valence-electron chi connectivity index (χ4n) is 4.90. The van der Waals surface area contributed by atoms with Gasteiger partial charge in [0.25, 0.3) is 5.91 Å². The van der Waals surface area contributed by atoms with E-state index in [9.17, 15) is 14.0 Å². The van der Waals surface area contributed by atoms with Crippen molar-refractivity contribution in [2.24, 2.45) is 5.92 Å². The molecule has 188 valence electrons. The minimum absolute atomic E-state index is 0.00242. The molecule has 0 unspecified atom stereocenters. The zero-order chi connectivity index (χ0) is 25.2. The number of likely N-dealkylation sites (tertiary alicyclic amines) is 1. The quantitative estimate of drug-likeness (QED) is 0.552. The van der Waals surface area contributed by atoms with Crippen molar-refractivity contribution < 1.29 is 18.7 Å². The third kappa shape index (κ3) is 5.04. The maximum atomic E-state index is 13.2. The topological polar surface area (TPSA) is 76.5 Å². The van der Waals surface area contributed by atoms with E-state index in [-0.39, 0.29) is 36.3 Å². The summed E-state index contributed by atoms with van der Waals surface area (Å²) in [6, 6.07) is 14.2. The molecule has 36 heavy (non-hydrogen) atoms. The average molecular weight is 491 g/mol. The van der Waals surface area contributed by atoms with Gasteiger partial charge in [0.1, 0.15) is 11.9 Å². The lowest BCUT2D eigenvalue weighted by Crippen LogP contribution is -2.42. The summed E-state index contributed by atoms with van der Waals surface area (Å²) in [6.07, 6.45) is 2.68. The van der Waals surface area contributed by atoms with Crippen molar-refractivity contribution in [2.45, 2.75) is 51.9 Å². The van der Waals surface area contributed by atoms with E-state index >= 15 is 0 Å². The van der Waals surface area contributed by atoms with Gasteiger partial charge < -0.3 is 19.5 Å². The Bertz CT molecular complexity index is 1250. The number of carbonyl (C=O) groups excluding carboxylic acids is 2. The zero-order valence-corrected chi connectivity index (χ0v) is 20.6. The summed E-state index contributed by atoms with van der Waals surface area (Å²) in [7, 11) is 0. The molecule has 7 nitrogen and oxygen atoms in total. The summed E-state index contributed by atoms with van der Waals surface area (Å²) >= 11 is 0. The molecular weight excluding hydrogens is 459 g/mol. The molecule has 8 heteroatoms. The fourth-order valence-corrected chi connectivity index (χ4v) is 4.90. The SMILES string of the molecule is CC(C)c1cccc(NC(=O)C2CCN(C(=O)c3ncn4c3CO[C@@H](c3ccc(F)cc3)C4)CC2)c1. The van der Waals surface area contributed by atoms with Crippen LogP contribution in [0.4, 0.5) is 10.1 Å². The Hall–Kier alpha value is -3.52. The molecule has 3 aromatic rings. The van der Waals surface area contributed by atoms with Crippen molar-refractivity contribution in [1.82, 2.24) is 14.5 Å². The number of carbonyl (C=O) groups is 2. The molecule has 1 atom stereocenters. The van der Waals surface area contributed by atoms with Crippen molar-refractivity contribution in [3.8, 4) is 0 Å². The summed E-state index contributed by atoms with van der Waals surface area (Å²) in [5.41, 5.74) is 4.04. The first kappa shape index (κ1) is 24.2. The highest BCUT2D eigenvalue weighted by molar-refractivity contribution is 5.95. The molecule has 0 spiro atoms. The highest BCUT2D eigenvalue weighted by atomic mass is 19.1. The molecule has 2 aliphatic rings. The first-order valence-corrected chi connectivity index (χ1v) is 12.5. The number of ether oxygens (including phenoxy) is 1. The number of aromatic nitrogens is 2. The first-order valence-electron chi connectivity index (χ1n) is 12.5. The number of amides is 2. The number of anilines is 1. The predicted molar refractivity (Wildman–Crippen MR) is 134 cm³/mol. The molecule has 0 saturated carbocycles. The Morgan fingerprint density at radius 3 is 2.58 bits per heavy atom. The van der Waals surface area contributed by atoms with Crippen LogP contribution in [0.15, 0.2) is 54.9 Å². The Labute approximate surface area is 210 Å². The number of imidazole rings is 1. The molecule has 3 heterocycles. The van der Waals surface area contributed by atoms with Gasteiger partial charge in [-0.05, 0) is 54.2 Å². The monoisotopic (exact) mass is 490 g/mol. The smallest absolute Gasteiger partial charge is 0.274 e. The van der Waals surface area contributed by atoms with Crippen molar-refractivity contribution >= 4 is 17.5 Å². The summed E-state index contributed by atoms with van der Waals surface area (Å²) in [5.74, 6) is -0.150. The molecule has 0 bridgehead atoms. The number of halogens is 1. The van der Waals surface area contributed by atoms with E-state index in [2.05, 4.69) is 30.2 Å². The molecule has 1 fully saturated rings. The number of piperidine rings is 1. The van der Waals surface area contributed by atoms with Crippen LogP contribution in [0.25, 0.3) is 0 Å². The van der Waals surface area contributed by atoms with Gasteiger partial charge in [-0.2, -0.15) is 0 Å². The van der Waals surface area contributed by atoms with Gasteiger partial charge in [-0.3, -0.25) is 9.59 Å². The molecule has 1 N–H and O–H groups in total. The second-order valence-electron chi connectivity index (χ2n) is 9.88. The third-order valence-corrected chi connectivity index (χ3v) is 7.15. The van der Waals surface area contributed by atoms with Crippen LogP contribution in [-0.2, 0) is 22.7 Å². The highest BCUT2D eigenvalue weighted by Gasteiger charge is 2.32. The summed E-state index contributed by atoms with van der Waals surface area (Å²) in [4.78, 5) is 32.3. The number of rotatable bonds is 5. The van der Waals surface area contributed by atoms with Crippen LogP contribution in [0.2, 0.25) is 0 Å². The minimum Gasteiger partial charge on any atom is -0.365 e. The molecule has 2 amide bonds. The summed E-state index contributed by atoms with van der Waals surface area (Å²) in [5, 5.41) is 3.04. The van der Waals surface area contributed by atoms with Crippen molar-refractivity contribution in [2.75, 3.05) is 18.4 Å². The molecule has 2 aromatic carbocycles. The van der Waals surface area contributed by atoms with E-state index < -0.39 is 0 Å². The average Bonchev–Trinajstić information content (AvgIpc) is 3.32. The van der Waals surface area contributed by atoms with Gasteiger partial charge in [-0.25, -0.2) is 9.37 Å². The van der Waals surface area contributed by atoms with Crippen molar-refractivity contribution in [3.05, 3.63) is 83.2 Å². The van der Waals surface area contributed by atoms with Gasteiger partial charge in [-0.1, -0.05) is 38.1 Å². The molecule has 1 aromatic heterocycles. The van der Waals surface area contributed by atoms with E-state index in [1.54, 1.807) is 23.4 Å². The maximum Gasteiger partial charge on any atom is 0.274 e. The van der Waals surface area contributed by atoms with Crippen molar-refractivity contribution in [1.29, 1.82) is 0 Å². The van der Waals surface area contributed by atoms with E-state index in [1.807, 2.05) is 22.8 Å². The summed E-state index contributed by atoms with van der Waals surface area (Å²) < 4.78 is 21.2. The number of nitrogens with zero attached hydrogens (tertiary/aromatic N) is 3. The summed E-state index contributed by atoms with van der Waals surface area (Å²) in [6.45, 7) is 6.05. The first-order chi connectivity index (χ1) is 17.4. The van der Waals surface area contributed by atoms with Gasteiger partial charge in [0.05, 0.1) is 25.2 Å². The largest absolute Gasteiger partial charge is 0.365 e.